The lowest BCUT2D eigenvalue weighted by molar-refractivity contribution is 0.0680. The van der Waals surface area contributed by atoms with E-state index in [1.807, 2.05) is 10.9 Å². The highest BCUT2D eigenvalue weighted by atomic mass is 19.1. The summed E-state index contributed by atoms with van der Waals surface area (Å²) in [6.45, 7) is 4.42. The second-order valence-electron chi connectivity index (χ2n) is 8.32. The van der Waals surface area contributed by atoms with Crippen molar-refractivity contribution in [2.75, 3.05) is 0 Å². The first-order valence-corrected chi connectivity index (χ1v) is 9.66. The molecule has 1 N–H and O–H groups in total. The molecule has 2 atom stereocenters. The Bertz CT molecular complexity index is 817. The highest BCUT2D eigenvalue weighted by Crippen LogP contribution is 2.44. The van der Waals surface area contributed by atoms with Crippen molar-refractivity contribution in [3.63, 3.8) is 0 Å². The highest BCUT2D eigenvalue weighted by Gasteiger charge is 2.37. The minimum Gasteiger partial charge on any atom is -0.393 e. The number of halogens is 1. The molecule has 1 fully saturated rings. The van der Waals surface area contributed by atoms with Crippen LogP contribution in [0.5, 0.6) is 0 Å². The Balaban J connectivity index is 1.60. The second-order valence-corrected chi connectivity index (χ2v) is 8.32. The van der Waals surface area contributed by atoms with Crippen LogP contribution in [0, 0.1) is 17.2 Å². The summed E-state index contributed by atoms with van der Waals surface area (Å²) in [7, 11) is 0. The van der Waals surface area contributed by atoms with Crippen LogP contribution in [0.1, 0.15) is 57.2 Å². The zero-order chi connectivity index (χ0) is 18.3. The van der Waals surface area contributed by atoms with Gasteiger partial charge in [0.25, 0.3) is 0 Å². The number of aliphatic hydroxyl groups excluding tert-OH is 1. The molecule has 0 amide bonds. The molecule has 1 saturated carbocycles. The Labute approximate surface area is 154 Å². The van der Waals surface area contributed by atoms with E-state index in [-0.39, 0.29) is 17.3 Å². The Kier molecular flexibility index (Phi) is 4.47. The molecule has 0 bridgehead atoms. The topological polar surface area (TPSA) is 38.0 Å². The zero-order valence-electron chi connectivity index (χ0n) is 15.6. The first kappa shape index (κ1) is 17.5. The standard InChI is InChI=1S/C22H27FN2O/c1-15-11-20-17(14-24-25(20)19-9-7-18(23)8-10-19)12-22(15,2)13-21(26)16-5-3-4-6-16/h7-11,14,16,21,26H,3-6,12-13H2,1-2H3. The van der Waals surface area contributed by atoms with E-state index in [2.05, 4.69) is 25.0 Å². The van der Waals surface area contributed by atoms with E-state index < -0.39 is 0 Å². The third kappa shape index (κ3) is 3.11. The third-order valence-electron chi connectivity index (χ3n) is 6.45. The van der Waals surface area contributed by atoms with E-state index in [0.29, 0.717) is 5.92 Å². The average Bonchev–Trinajstić information content (AvgIpc) is 3.26. The predicted octanol–water partition coefficient (Wildman–Crippen LogP) is 4.92. The van der Waals surface area contributed by atoms with Crippen molar-refractivity contribution in [1.29, 1.82) is 0 Å². The Morgan fingerprint density at radius 2 is 1.96 bits per heavy atom. The van der Waals surface area contributed by atoms with Gasteiger partial charge < -0.3 is 5.11 Å². The minimum absolute atomic E-state index is 0.0360. The summed E-state index contributed by atoms with van der Waals surface area (Å²) in [6.07, 6.45) is 10.4. The van der Waals surface area contributed by atoms with Crippen molar-refractivity contribution in [3.8, 4) is 5.69 Å². The van der Waals surface area contributed by atoms with Gasteiger partial charge in [0.05, 0.1) is 23.7 Å². The van der Waals surface area contributed by atoms with Crippen LogP contribution in [0.4, 0.5) is 4.39 Å². The van der Waals surface area contributed by atoms with Crippen LogP contribution in [0.25, 0.3) is 11.8 Å². The van der Waals surface area contributed by atoms with Crippen LogP contribution in [-0.4, -0.2) is 21.0 Å². The fourth-order valence-corrected chi connectivity index (χ4v) is 4.61. The van der Waals surface area contributed by atoms with E-state index in [9.17, 15) is 9.50 Å². The van der Waals surface area contributed by atoms with E-state index in [1.165, 1.54) is 36.1 Å². The maximum Gasteiger partial charge on any atom is 0.123 e. The molecule has 2 aliphatic carbocycles. The molecule has 0 spiro atoms. The summed E-state index contributed by atoms with van der Waals surface area (Å²) in [5, 5.41) is 15.3. The molecule has 1 heterocycles. The van der Waals surface area contributed by atoms with Crippen molar-refractivity contribution in [2.45, 2.75) is 58.5 Å². The highest BCUT2D eigenvalue weighted by molar-refractivity contribution is 5.60. The summed E-state index contributed by atoms with van der Waals surface area (Å²) in [5.74, 6) is 0.220. The number of nitrogens with zero attached hydrogens (tertiary/aromatic N) is 2. The van der Waals surface area contributed by atoms with E-state index in [4.69, 9.17) is 0 Å². The lowest BCUT2D eigenvalue weighted by Gasteiger charge is -2.37. The summed E-state index contributed by atoms with van der Waals surface area (Å²) >= 11 is 0. The normalized spacial score (nSPS) is 24.4. The first-order valence-electron chi connectivity index (χ1n) is 9.66. The number of aliphatic hydroxyl groups is 1. The number of benzene rings is 1. The van der Waals surface area contributed by atoms with Gasteiger partial charge in [0.15, 0.2) is 0 Å². The van der Waals surface area contributed by atoms with Crippen LogP contribution in [-0.2, 0) is 6.42 Å². The maximum atomic E-state index is 13.2. The second kappa shape index (κ2) is 6.66. The Morgan fingerprint density at radius 1 is 1.27 bits per heavy atom. The Hall–Kier alpha value is -1.94. The predicted molar refractivity (Wildman–Crippen MR) is 102 cm³/mol. The molecule has 4 heteroatoms. The van der Waals surface area contributed by atoms with Crippen molar-refractivity contribution >= 4 is 6.08 Å². The summed E-state index contributed by atoms with van der Waals surface area (Å²) in [6, 6.07) is 6.43. The fraction of sp³-hybridized carbons (Fsp3) is 0.500. The Morgan fingerprint density at radius 3 is 2.65 bits per heavy atom. The van der Waals surface area contributed by atoms with Gasteiger partial charge in [-0.2, -0.15) is 5.10 Å². The number of aromatic nitrogens is 2. The van der Waals surface area contributed by atoms with Crippen molar-refractivity contribution in [1.82, 2.24) is 9.78 Å². The molecule has 3 nitrogen and oxygen atoms in total. The molecule has 138 valence electrons. The van der Waals surface area contributed by atoms with Gasteiger partial charge in [-0.1, -0.05) is 25.3 Å². The van der Waals surface area contributed by atoms with Gasteiger partial charge >= 0.3 is 0 Å². The molecular weight excluding hydrogens is 327 g/mol. The van der Waals surface area contributed by atoms with Gasteiger partial charge in [0.1, 0.15) is 5.82 Å². The SMILES string of the molecule is CC1=Cc2c(cnn2-c2ccc(F)cc2)CC1(C)CC(O)C1CCCC1. The molecular formula is C22H27FN2O. The van der Waals surface area contributed by atoms with Gasteiger partial charge in [0, 0.05) is 0 Å². The van der Waals surface area contributed by atoms with Crippen molar-refractivity contribution in [2.24, 2.45) is 11.3 Å². The van der Waals surface area contributed by atoms with E-state index in [0.717, 1.165) is 37.1 Å². The summed E-state index contributed by atoms with van der Waals surface area (Å²) in [5.41, 5.74) is 4.38. The van der Waals surface area contributed by atoms with Crippen molar-refractivity contribution < 1.29 is 9.50 Å². The monoisotopic (exact) mass is 354 g/mol. The number of allylic oxidation sites excluding steroid dienone is 1. The molecule has 2 aromatic rings. The molecule has 2 aliphatic rings. The van der Waals surface area contributed by atoms with E-state index in [1.54, 1.807) is 12.1 Å². The van der Waals surface area contributed by atoms with Crippen LogP contribution >= 0.6 is 0 Å². The lowest BCUT2D eigenvalue weighted by atomic mass is 9.69. The maximum absolute atomic E-state index is 13.2. The molecule has 2 unspecified atom stereocenters. The summed E-state index contributed by atoms with van der Waals surface area (Å²) in [4.78, 5) is 0. The average molecular weight is 354 g/mol. The third-order valence-corrected chi connectivity index (χ3v) is 6.45. The van der Waals surface area contributed by atoms with Gasteiger partial charge in [-0.05, 0) is 79.8 Å². The van der Waals surface area contributed by atoms with Crippen LogP contribution in [0.3, 0.4) is 0 Å². The number of hydrogen-bond acceptors (Lipinski definition) is 2. The molecule has 0 saturated heterocycles. The molecule has 1 aromatic carbocycles. The van der Waals surface area contributed by atoms with Gasteiger partial charge in [-0.25, -0.2) is 9.07 Å². The molecule has 26 heavy (non-hydrogen) atoms. The van der Waals surface area contributed by atoms with Crippen molar-refractivity contribution in [3.05, 3.63) is 53.1 Å². The van der Waals surface area contributed by atoms with E-state index >= 15 is 0 Å². The van der Waals surface area contributed by atoms with Gasteiger partial charge in [0.2, 0.25) is 0 Å². The van der Waals surface area contributed by atoms with Gasteiger partial charge in [-0.3, -0.25) is 0 Å². The van der Waals surface area contributed by atoms with Crippen LogP contribution < -0.4 is 0 Å². The molecule has 1 aromatic heterocycles. The van der Waals surface area contributed by atoms with Crippen LogP contribution in [0.15, 0.2) is 36.0 Å². The van der Waals surface area contributed by atoms with Gasteiger partial charge in [-0.15, -0.1) is 0 Å². The first-order chi connectivity index (χ1) is 12.5. The molecule has 0 radical (unpaired) electrons. The quantitative estimate of drug-likeness (QED) is 0.846. The fourth-order valence-electron chi connectivity index (χ4n) is 4.61. The minimum atomic E-state index is -0.241. The largest absolute Gasteiger partial charge is 0.393 e. The number of rotatable bonds is 4. The smallest absolute Gasteiger partial charge is 0.123 e. The zero-order valence-corrected chi connectivity index (χ0v) is 15.6. The van der Waals surface area contributed by atoms with Crippen LogP contribution in [0.2, 0.25) is 0 Å². The number of fused-ring (bicyclic) bond motifs is 1. The lowest BCUT2D eigenvalue weighted by Crippen LogP contribution is -2.32. The summed E-state index contributed by atoms with van der Waals surface area (Å²) < 4.78 is 15.1. The molecule has 4 rings (SSSR count). The molecule has 0 aliphatic heterocycles. The number of hydrogen-bond donors (Lipinski definition) is 1.